The molecular formula is C50H56N4O8. The topological polar surface area (TPSA) is 153 Å². The Hall–Kier alpha value is -6.17. The molecule has 62 heavy (non-hydrogen) atoms. The summed E-state index contributed by atoms with van der Waals surface area (Å²) >= 11 is 0. The van der Waals surface area contributed by atoms with Crippen LogP contribution in [0.1, 0.15) is 108 Å². The number of carbonyl (C=O) groups is 3. The molecule has 0 radical (unpaired) electrons. The first kappa shape index (κ1) is 42.5. The summed E-state index contributed by atoms with van der Waals surface area (Å²) in [7, 11) is 0. The van der Waals surface area contributed by atoms with Crippen molar-refractivity contribution < 1.29 is 38.1 Å². The maximum absolute atomic E-state index is 14.2. The number of carboxylic acids is 1. The summed E-state index contributed by atoms with van der Waals surface area (Å²) in [4.78, 5) is 51.3. The van der Waals surface area contributed by atoms with E-state index in [1.54, 1.807) is 20.0 Å². The van der Waals surface area contributed by atoms with Crippen LogP contribution < -0.4 is 19.5 Å². The summed E-state index contributed by atoms with van der Waals surface area (Å²) in [6.07, 6.45) is 6.25. The van der Waals surface area contributed by atoms with E-state index < -0.39 is 29.9 Å². The van der Waals surface area contributed by atoms with Gasteiger partial charge in [0.1, 0.15) is 30.2 Å². The van der Waals surface area contributed by atoms with Crippen LogP contribution in [-0.2, 0) is 29.0 Å². The summed E-state index contributed by atoms with van der Waals surface area (Å²) in [5, 5.41) is 13.1. The number of benzene rings is 3. The number of amides is 2. The number of aliphatic carboxylic acids is 1. The average molecular weight is 841 g/mol. The molecule has 3 aliphatic rings. The zero-order valence-corrected chi connectivity index (χ0v) is 36.6. The number of hydrogen-bond acceptors (Lipinski definition) is 9. The van der Waals surface area contributed by atoms with E-state index >= 15 is 0 Å². The lowest BCUT2D eigenvalue weighted by Gasteiger charge is -2.37. The van der Waals surface area contributed by atoms with E-state index in [9.17, 15) is 19.5 Å². The minimum absolute atomic E-state index is 0.0444. The number of aromatic nitrogens is 2. The van der Waals surface area contributed by atoms with Gasteiger partial charge in [-0.15, -0.1) is 0 Å². The number of nitrogens with zero attached hydrogens (tertiary/aromatic N) is 3. The Morgan fingerprint density at radius 3 is 2.29 bits per heavy atom. The average Bonchev–Trinajstić information content (AvgIpc) is 3.60. The molecule has 0 saturated heterocycles. The molecule has 8 rings (SSSR count). The van der Waals surface area contributed by atoms with Crippen LogP contribution in [0.15, 0.2) is 77.3 Å². The summed E-state index contributed by atoms with van der Waals surface area (Å²) in [5.74, 6) is 1.02. The number of hydrogen-bond donors (Lipinski definition) is 2. The fraction of sp³-hybridized carbons (Fsp3) is 0.420. The number of carbonyl (C=O) groups excluding carboxylic acids is 2. The predicted octanol–water partition coefficient (Wildman–Crippen LogP) is 8.85. The second-order valence-electron chi connectivity index (χ2n) is 18.2. The number of pyridine rings is 1. The number of nitrogens with one attached hydrogen (secondary N) is 1. The van der Waals surface area contributed by atoms with Crippen LogP contribution in [0.25, 0.3) is 11.1 Å². The summed E-state index contributed by atoms with van der Waals surface area (Å²) in [5.41, 5.74) is 7.72. The normalized spacial score (nSPS) is 20.2. The van der Waals surface area contributed by atoms with Crippen molar-refractivity contribution in [2.24, 2.45) is 11.3 Å². The van der Waals surface area contributed by atoms with Gasteiger partial charge < -0.3 is 34.0 Å². The van der Waals surface area contributed by atoms with Crippen LogP contribution in [0, 0.1) is 39.0 Å². The van der Waals surface area contributed by atoms with Crippen LogP contribution >= 0.6 is 0 Å². The Morgan fingerprint density at radius 2 is 1.63 bits per heavy atom. The number of rotatable bonds is 10. The van der Waals surface area contributed by atoms with Crippen molar-refractivity contribution in [3.8, 4) is 28.4 Å². The molecule has 1 aliphatic carbocycles. The molecule has 2 aromatic heterocycles. The zero-order valence-electron chi connectivity index (χ0n) is 36.6. The minimum Gasteiger partial charge on any atom is -0.490 e. The third kappa shape index (κ3) is 9.05. The van der Waals surface area contributed by atoms with E-state index in [0.717, 1.165) is 69.1 Å². The van der Waals surface area contributed by atoms with Gasteiger partial charge in [0.25, 0.3) is 5.91 Å². The fourth-order valence-electron chi connectivity index (χ4n) is 9.10. The van der Waals surface area contributed by atoms with Gasteiger partial charge in [-0.1, -0.05) is 57.2 Å². The van der Waals surface area contributed by atoms with Crippen molar-refractivity contribution in [2.75, 3.05) is 6.61 Å². The molecule has 3 aromatic carbocycles. The Balaban J connectivity index is 0.978. The van der Waals surface area contributed by atoms with Crippen molar-refractivity contribution >= 4 is 17.8 Å². The minimum atomic E-state index is -1.25. The molecule has 1 saturated carbocycles. The zero-order chi connectivity index (χ0) is 43.9. The molecule has 2 amide bonds. The van der Waals surface area contributed by atoms with E-state index in [4.69, 9.17) is 18.6 Å². The molecule has 324 valence electrons. The van der Waals surface area contributed by atoms with Gasteiger partial charge in [-0.2, -0.15) is 0 Å². The fourth-order valence-corrected chi connectivity index (χ4v) is 9.10. The third-order valence-corrected chi connectivity index (χ3v) is 13.0. The van der Waals surface area contributed by atoms with Gasteiger partial charge >= 0.3 is 5.97 Å². The van der Waals surface area contributed by atoms with Gasteiger partial charge in [0.2, 0.25) is 5.91 Å². The first-order chi connectivity index (χ1) is 29.6. The van der Waals surface area contributed by atoms with Crippen LogP contribution in [-0.4, -0.2) is 62.6 Å². The summed E-state index contributed by atoms with van der Waals surface area (Å²) in [6.45, 7) is 14.6. The van der Waals surface area contributed by atoms with Gasteiger partial charge in [0, 0.05) is 38.2 Å². The molecule has 3 atom stereocenters. The van der Waals surface area contributed by atoms with Crippen molar-refractivity contribution in [1.29, 1.82) is 0 Å². The molecule has 1 fully saturated rings. The van der Waals surface area contributed by atoms with Crippen LogP contribution in [0.3, 0.4) is 0 Å². The lowest BCUT2D eigenvalue weighted by Crippen LogP contribution is -2.56. The van der Waals surface area contributed by atoms with Gasteiger partial charge in [0.15, 0.2) is 29.2 Å². The van der Waals surface area contributed by atoms with Crippen LogP contribution in [0.4, 0.5) is 0 Å². The quantitative estimate of drug-likeness (QED) is 0.140. The van der Waals surface area contributed by atoms with Gasteiger partial charge in [-0.05, 0) is 127 Å². The first-order valence-corrected chi connectivity index (χ1v) is 21.6. The third-order valence-electron chi connectivity index (χ3n) is 13.0. The van der Waals surface area contributed by atoms with Gasteiger partial charge in [-0.25, -0.2) is 9.78 Å². The second kappa shape index (κ2) is 17.3. The number of carboxylic acid groups (broad SMARTS) is 1. The van der Waals surface area contributed by atoms with E-state index in [1.807, 2.05) is 80.6 Å². The van der Waals surface area contributed by atoms with Crippen molar-refractivity contribution in [1.82, 2.24) is 20.2 Å². The molecule has 0 spiro atoms. The Labute approximate surface area is 363 Å². The number of fused-ring (bicyclic) bond motifs is 2. The van der Waals surface area contributed by atoms with Crippen molar-refractivity contribution in [2.45, 2.75) is 118 Å². The first-order valence-electron chi connectivity index (χ1n) is 21.6. The van der Waals surface area contributed by atoms with Gasteiger partial charge in [-0.3, -0.25) is 14.6 Å². The van der Waals surface area contributed by atoms with Crippen LogP contribution in [0.2, 0.25) is 0 Å². The van der Waals surface area contributed by atoms with E-state index in [0.29, 0.717) is 28.6 Å². The number of ether oxygens (including phenoxy) is 3. The summed E-state index contributed by atoms with van der Waals surface area (Å²) < 4.78 is 24.8. The van der Waals surface area contributed by atoms with E-state index in [-0.39, 0.29) is 43.9 Å². The van der Waals surface area contributed by atoms with Crippen molar-refractivity contribution in [3.05, 3.63) is 124 Å². The van der Waals surface area contributed by atoms with E-state index in [1.165, 1.54) is 17.7 Å². The maximum Gasteiger partial charge on any atom is 0.326 e. The summed E-state index contributed by atoms with van der Waals surface area (Å²) in [6, 6.07) is 19.0. The van der Waals surface area contributed by atoms with Gasteiger partial charge in [0.05, 0.1) is 6.10 Å². The van der Waals surface area contributed by atoms with E-state index in [2.05, 4.69) is 36.1 Å². The highest BCUT2D eigenvalue weighted by Gasteiger charge is 2.40. The largest absolute Gasteiger partial charge is 0.490 e. The molecular weight excluding hydrogens is 785 g/mol. The standard InChI is InChI=1S/C50H56N4O8/c1-28-29(2)51-21-20-40(28)33-10-8-32(9-11-33)22-41(49(57)58)53-47(55)42-23-35-24-43-44(25-36(35)26-54(42)48(56)46-30(3)60-31(4)52-46)62-45(27-59-43)34-12-16-38(17-13-34)61-39-18-14-37(15-19-39)50(5,6)7/h8-13,16-17,20-21,24-25,37,39,41-42,45H,14-15,18-19,22-23,26-27H2,1-7H3,(H,53,55)(H,57,58)/t37?,39?,41?,42-,45+/m0/s1. The van der Waals surface area contributed by atoms with Crippen molar-refractivity contribution in [3.63, 3.8) is 0 Å². The SMILES string of the molecule is Cc1nc(C(=O)N2Cc3cc4c(cc3C[C@H]2C(=O)NC(Cc2ccc(-c3ccnc(C)c3C)cc2)C(=O)O)OC[C@H](c2ccc(OC3CCC(C(C)(C)C)CC3)cc2)O4)c(C)o1. The van der Waals surface area contributed by atoms with Crippen LogP contribution in [0.5, 0.6) is 17.2 Å². The monoisotopic (exact) mass is 840 g/mol. The highest BCUT2D eigenvalue weighted by molar-refractivity contribution is 5.98. The second-order valence-corrected chi connectivity index (χ2v) is 18.2. The molecule has 2 aliphatic heterocycles. The maximum atomic E-state index is 14.2. The lowest BCUT2D eigenvalue weighted by molar-refractivity contribution is -0.142. The Kier molecular flexibility index (Phi) is 11.9. The molecule has 2 N–H and O–H groups in total. The molecule has 1 unspecified atom stereocenters. The predicted molar refractivity (Wildman–Crippen MR) is 233 cm³/mol. The smallest absolute Gasteiger partial charge is 0.326 e. The Bertz CT molecular complexity index is 2460. The molecule has 4 heterocycles. The molecule has 12 heteroatoms. The molecule has 5 aromatic rings. The molecule has 12 nitrogen and oxygen atoms in total. The number of oxazole rings is 1. The lowest BCUT2D eigenvalue weighted by atomic mass is 9.72. The number of aryl methyl sites for hydroxylation is 3. The molecule has 0 bridgehead atoms. The highest BCUT2D eigenvalue weighted by atomic mass is 16.6. The Morgan fingerprint density at radius 1 is 0.919 bits per heavy atom. The highest BCUT2D eigenvalue weighted by Crippen LogP contribution is 2.42.